The molecule has 1 aliphatic carbocycles. The number of ether oxygens (including phenoxy) is 1. The second-order valence-corrected chi connectivity index (χ2v) is 10.3. The molecule has 3 aromatic rings. The molecule has 0 aromatic heterocycles. The molecule has 0 radical (unpaired) electrons. The fourth-order valence-corrected chi connectivity index (χ4v) is 4.98. The van der Waals surface area contributed by atoms with Gasteiger partial charge in [0.25, 0.3) is 5.91 Å². The molecule has 8 heteroatoms. The molecule has 0 bridgehead atoms. The molecule has 33 heavy (non-hydrogen) atoms. The second kappa shape index (κ2) is 8.36. The van der Waals surface area contributed by atoms with Crippen molar-refractivity contribution in [2.24, 2.45) is 5.41 Å². The summed E-state index contributed by atoms with van der Waals surface area (Å²) in [7, 11) is 0. The number of halogens is 4. The van der Waals surface area contributed by atoms with Crippen molar-refractivity contribution in [3.8, 4) is 0 Å². The molecule has 1 fully saturated rings. The maximum atomic E-state index is 15.7. The molecule has 1 atom stereocenters. The molecule has 2 aliphatic rings. The summed E-state index contributed by atoms with van der Waals surface area (Å²) in [6, 6.07) is 16.5. The van der Waals surface area contributed by atoms with Crippen molar-refractivity contribution in [2.75, 3.05) is 18.1 Å². The largest absolute Gasteiger partial charge is 0.396 e. The van der Waals surface area contributed by atoms with Gasteiger partial charge in [0.15, 0.2) is 0 Å². The van der Waals surface area contributed by atoms with Crippen LogP contribution in [0.1, 0.15) is 34.3 Å². The van der Waals surface area contributed by atoms with Crippen molar-refractivity contribution in [2.45, 2.75) is 18.6 Å². The van der Waals surface area contributed by atoms with Crippen LogP contribution in [-0.4, -0.2) is 24.2 Å². The third kappa shape index (κ3) is 3.78. The predicted molar refractivity (Wildman–Crippen MR) is 129 cm³/mol. The molecule has 1 heterocycles. The maximum absolute atomic E-state index is 15.7. The van der Waals surface area contributed by atoms with E-state index in [0.29, 0.717) is 25.8 Å². The molecule has 4 nitrogen and oxygen atoms in total. The third-order valence-electron chi connectivity index (χ3n) is 6.34. The van der Waals surface area contributed by atoms with Gasteiger partial charge in [-0.1, -0.05) is 51.3 Å². The highest BCUT2D eigenvalue weighted by Crippen LogP contribution is 2.53. The number of anilines is 1. The summed E-state index contributed by atoms with van der Waals surface area (Å²) in [4.78, 5) is 15.3. The molecule has 0 saturated heterocycles. The van der Waals surface area contributed by atoms with Crippen LogP contribution in [0.2, 0.25) is 10.0 Å². The molecule has 3 aromatic carbocycles. The van der Waals surface area contributed by atoms with E-state index in [1.165, 1.54) is 11.0 Å². The maximum Gasteiger partial charge on any atom is 0.261 e. The smallest absolute Gasteiger partial charge is 0.261 e. The summed E-state index contributed by atoms with van der Waals surface area (Å²) in [5, 5.41) is 10.9. The Morgan fingerprint density at radius 1 is 1.03 bits per heavy atom. The Labute approximate surface area is 209 Å². The average Bonchev–Trinajstić information content (AvgIpc) is 3.53. The summed E-state index contributed by atoms with van der Waals surface area (Å²) < 4.78 is 22.7. The van der Waals surface area contributed by atoms with Crippen LogP contribution in [-0.2, 0) is 10.5 Å². The molecule has 0 spiro atoms. The number of hydrogen-bond donors (Lipinski definition) is 1. The quantitative estimate of drug-likeness (QED) is 0.379. The van der Waals surface area contributed by atoms with Crippen LogP contribution < -0.4 is 4.90 Å². The molecule has 1 N–H and O–H groups in total. The lowest BCUT2D eigenvalue weighted by atomic mass is 9.92. The molecular formula is C25H19BrCl2FNO3. The van der Waals surface area contributed by atoms with Gasteiger partial charge < -0.3 is 9.84 Å². The van der Waals surface area contributed by atoms with E-state index < -0.39 is 22.9 Å². The van der Waals surface area contributed by atoms with Crippen LogP contribution in [0.5, 0.6) is 0 Å². The van der Waals surface area contributed by atoms with Gasteiger partial charge in [-0.15, -0.1) is 0 Å². The van der Waals surface area contributed by atoms with E-state index in [1.807, 2.05) is 0 Å². The Kier molecular flexibility index (Phi) is 5.78. The molecule has 1 saturated carbocycles. The summed E-state index contributed by atoms with van der Waals surface area (Å²) in [5.74, 6) is -0.982. The Balaban J connectivity index is 1.79. The van der Waals surface area contributed by atoms with Crippen molar-refractivity contribution in [3.05, 3.63) is 97.7 Å². The van der Waals surface area contributed by atoms with Crippen LogP contribution in [0.3, 0.4) is 0 Å². The van der Waals surface area contributed by atoms with Gasteiger partial charge in [-0.05, 0) is 61.4 Å². The van der Waals surface area contributed by atoms with Gasteiger partial charge in [0.05, 0.1) is 24.3 Å². The monoisotopic (exact) mass is 549 g/mol. The lowest BCUT2D eigenvalue weighted by molar-refractivity contribution is -0.0469. The van der Waals surface area contributed by atoms with Crippen molar-refractivity contribution >= 4 is 50.7 Å². The fraction of sp³-hybridized carbons (Fsp3) is 0.240. The van der Waals surface area contributed by atoms with E-state index >= 15 is 4.39 Å². The summed E-state index contributed by atoms with van der Waals surface area (Å²) in [6.07, 6.45) is 1.59. The number of aliphatic hydroxyl groups is 1. The number of hydrogen-bond acceptors (Lipinski definition) is 3. The fourth-order valence-electron chi connectivity index (χ4n) is 4.30. The first-order valence-electron chi connectivity index (χ1n) is 10.4. The Hall–Kier alpha value is -1.96. The van der Waals surface area contributed by atoms with Crippen LogP contribution in [0.25, 0.3) is 0 Å². The average molecular weight is 551 g/mol. The van der Waals surface area contributed by atoms with Crippen molar-refractivity contribution < 1.29 is 19.0 Å². The van der Waals surface area contributed by atoms with Gasteiger partial charge in [0.2, 0.25) is 5.72 Å². The number of nitrogens with zero attached hydrogens (tertiary/aromatic N) is 1. The van der Waals surface area contributed by atoms with E-state index in [0.717, 1.165) is 12.8 Å². The Bertz CT molecular complexity index is 1230. The second-order valence-electron chi connectivity index (χ2n) is 8.52. The van der Waals surface area contributed by atoms with Gasteiger partial charge in [0.1, 0.15) is 5.82 Å². The van der Waals surface area contributed by atoms with Crippen LogP contribution in [0.15, 0.2) is 65.1 Å². The van der Waals surface area contributed by atoms with Crippen LogP contribution in [0, 0.1) is 11.2 Å². The number of benzene rings is 3. The predicted octanol–water partition coefficient (Wildman–Crippen LogP) is 6.55. The number of carbonyl (C=O) groups excluding carboxylic acids is 1. The standard InChI is InChI=1S/C25H19BrCl2FNO3/c26-16-11-20-22(21(29)12-16)25(15-1-3-17(27)4-2-15,33-14-24(13-31)9-10-24)30(23(20)32)19-7-5-18(28)6-8-19/h1-8,11-12,31H,9-10,13-14H2. The zero-order valence-electron chi connectivity index (χ0n) is 17.3. The SMILES string of the molecule is O=C1c2cc(Br)cc(F)c2C(OCC2(CO)CC2)(c2ccc(Cl)cc2)N1c1ccc(Cl)cc1. The Morgan fingerprint density at radius 2 is 1.64 bits per heavy atom. The summed E-state index contributed by atoms with van der Waals surface area (Å²) >= 11 is 15.6. The first kappa shape index (κ1) is 22.8. The highest BCUT2D eigenvalue weighted by Gasteiger charge is 2.57. The minimum Gasteiger partial charge on any atom is -0.396 e. The van der Waals surface area contributed by atoms with Crippen LogP contribution in [0.4, 0.5) is 10.1 Å². The minimum atomic E-state index is -1.60. The first-order chi connectivity index (χ1) is 15.8. The topological polar surface area (TPSA) is 49.8 Å². The summed E-state index contributed by atoms with van der Waals surface area (Å²) in [5.41, 5.74) is -0.630. The minimum absolute atomic E-state index is 0.0474. The zero-order valence-corrected chi connectivity index (χ0v) is 20.4. The van der Waals surface area contributed by atoms with E-state index in [2.05, 4.69) is 15.9 Å². The van der Waals surface area contributed by atoms with Gasteiger partial charge in [-0.25, -0.2) is 4.39 Å². The van der Waals surface area contributed by atoms with Crippen molar-refractivity contribution in [3.63, 3.8) is 0 Å². The first-order valence-corrected chi connectivity index (χ1v) is 12.0. The van der Waals surface area contributed by atoms with Gasteiger partial charge in [-0.2, -0.15) is 0 Å². The third-order valence-corrected chi connectivity index (χ3v) is 7.30. The molecule has 1 unspecified atom stereocenters. The highest BCUT2D eigenvalue weighted by molar-refractivity contribution is 9.10. The number of fused-ring (bicyclic) bond motifs is 1. The zero-order chi connectivity index (χ0) is 23.4. The molecule has 1 amide bonds. The normalized spacial score (nSPS) is 20.8. The molecule has 5 rings (SSSR count). The van der Waals surface area contributed by atoms with Gasteiger partial charge in [0, 0.05) is 31.2 Å². The number of rotatable bonds is 6. The molecule has 1 aliphatic heterocycles. The van der Waals surface area contributed by atoms with E-state index in [1.54, 1.807) is 54.6 Å². The summed E-state index contributed by atoms with van der Waals surface area (Å²) in [6.45, 7) is 0.104. The molecular weight excluding hydrogens is 532 g/mol. The lowest BCUT2D eigenvalue weighted by Crippen LogP contribution is -2.48. The number of carbonyl (C=O) groups is 1. The van der Waals surface area contributed by atoms with Gasteiger partial charge >= 0.3 is 0 Å². The van der Waals surface area contributed by atoms with Crippen molar-refractivity contribution in [1.82, 2.24) is 0 Å². The van der Waals surface area contributed by atoms with Gasteiger partial charge in [-0.3, -0.25) is 9.69 Å². The van der Waals surface area contributed by atoms with E-state index in [9.17, 15) is 9.90 Å². The van der Waals surface area contributed by atoms with E-state index in [-0.39, 0.29) is 24.3 Å². The molecule has 170 valence electrons. The lowest BCUT2D eigenvalue weighted by Gasteiger charge is -2.40. The van der Waals surface area contributed by atoms with Crippen molar-refractivity contribution in [1.29, 1.82) is 0 Å². The Morgan fingerprint density at radius 3 is 2.21 bits per heavy atom. The number of aliphatic hydroxyl groups excluding tert-OH is 1. The van der Waals surface area contributed by atoms with E-state index in [4.69, 9.17) is 27.9 Å². The number of amides is 1. The highest BCUT2D eigenvalue weighted by atomic mass is 79.9. The van der Waals surface area contributed by atoms with Crippen LogP contribution >= 0.6 is 39.1 Å².